The smallest absolute Gasteiger partial charge is 0.325 e. The fourth-order valence-electron chi connectivity index (χ4n) is 3.78. The van der Waals surface area contributed by atoms with Crippen LogP contribution in [-0.2, 0) is 22.6 Å². The van der Waals surface area contributed by atoms with E-state index in [1.807, 2.05) is 30.3 Å². The molecule has 3 N–H and O–H groups in total. The molecule has 1 saturated heterocycles. The molecule has 32 heavy (non-hydrogen) atoms. The maximum atomic E-state index is 12.7. The van der Waals surface area contributed by atoms with Gasteiger partial charge in [-0.15, -0.1) is 0 Å². The van der Waals surface area contributed by atoms with Gasteiger partial charge < -0.3 is 25.2 Å². The van der Waals surface area contributed by atoms with Crippen molar-refractivity contribution >= 4 is 17.8 Å². The van der Waals surface area contributed by atoms with Gasteiger partial charge in [0.05, 0.1) is 19.2 Å². The highest BCUT2D eigenvalue weighted by Crippen LogP contribution is 2.33. The van der Waals surface area contributed by atoms with E-state index in [2.05, 4.69) is 10.6 Å². The maximum absolute atomic E-state index is 12.7. The Morgan fingerprint density at radius 3 is 2.69 bits per heavy atom. The second-order valence-corrected chi connectivity index (χ2v) is 7.79. The monoisotopic (exact) mass is 439 g/mol. The Balaban J connectivity index is 1.27. The number of rotatable bonds is 9. The Bertz CT molecular complexity index is 996. The van der Waals surface area contributed by atoms with Gasteiger partial charge in [-0.3, -0.25) is 14.5 Å². The summed E-state index contributed by atoms with van der Waals surface area (Å²) < 4.78 is 10.6. The van der Waals surface area contributed by atoms with E-state index in [4.69, 9.17) is 9.47 Å². The highest BCUT2D eigenvalue weighted by molar-refractivity contribution is 6.04. The number of urea groups is 1. The first-order chi connectivity index (χ1) is 15.5. The maximum Gasteiger partial charge on any atom is 0.325 e. The summed E-state index contributed by atoms with van der Waals surface area (Å²) in [5.41, 5.74) is 1.74. The second-order valence-electron chi connectivity index (χ2n) is 7.79. The highest BCUT2D eigenvalue weighted by atomic mass is 16.7. The molecular weight excluding hydrogens is 414 g/mol. The van der Waals surface area contributed by atoms with E-state index in [0.717, 1.165) is 16.0 Å². The molecule has 2 atom stereocenters. The summed E-state index contributed by atoms with van der Waals surface area (Å²) in [6.45, 7) is 0.0608. The number of hydrogen-bond acceptors (Lipinski definition) is 6. The predicted molar refractivity (Wildman–Crippen MR) is 114 cm³/mol. The molecule has 0 spiro atoms. The van der Waals surface area contributed by atoms with Crippen LogP contribution in [0.1, 0.15) is 24.0 Å². The zero-order valence-electron chi connectivity index (χ0n) is 17.5. The minimum atomic E-state index is -0.760. The minimum Gasteiger partial charge on any atom is -0.454 e. The third kappa shape index (κ3) is 5.00. The number of amides is 4. The quantitative estimate of drug-likeness (QED) is 0.508. The van der Waals surface area contributed by atoms with Crippen molar-refractivity contribution in [1.29, 1.82) is 0 Å². The van der Waals surface area contributed by atoms with Crippen LogP contribution in [0.5, 0.6) is 11.5 Å². The summed E-state index contributed by atoms with van der Waals surface area (Å²) in [5, 5.41) is 15.0. The van der Waals surface area contributed by atoms with Crippen LogP contribution in [0.25, 0.3) is 0 Å². The summed E-state index contributed by atoms with van der Waals surface area (Å²) >= 11 is 0. The molecule has 2 aliphatic heterocycles. The van der Waals surface area contributed by atoms with E-state index in [-0.39, 0.29) is 44.6 Å². The van der Waals surface area contributed by atoms with Crippen molar-refractivity contribution in [3.8, 4) is 11.5 Å². The Morgan fingerprint density at radius 1 is 1.12 bits per heavy atom. The lowest BCUT2D eigenvalue weighted by Crippen LogP contribution is -2.40. The molecule has 9 nitrogen and oxygen atoms in total. The number of aliphatic hydroxyl groups excluding tert-OH is 1. The number of carbonyl (C=O) groups is 3. The summed E-state index contributed by atoms with van der Waals surface area (Å²) in [5.74, 6) is 0.555. The molecule has 0 radical (unpaired) electrons. The second kappa shape index (κ2) is 9.69. The average molecular weight is 439 g/mol. The lowest BCUT2D eigenvalue weighted by molar-refractivity contribution is -0.128. The normalized spacial score (nSPS) is 17.9. The van der Waals surface area contributed by atoms with Crippen LogP contribution in [0.2, 0.25) is 0 Å². The number of ether oxygens (including phenoxy) is 2. The molecule has 2 aromatic carbocycles. The molecule has 168 valence electrons. The molecule has 0 aliphatic carbocycles. The Morgan fingerprint density at radius 2 is 1.91 bits per heavy atom. The molecule has 0 bridgehead atoms. The fourth-order valence-corrected chi connectivity index (χ4v) is 3.78. The lowest BCUT2D eigenvalue weighted by Gasteiger charge is -2.17. The van der Waals surface area contributed by atoms with Gasteiger partial charge in [0.2, 0.25) is 12.7 Å². The highest BCUT2D eigenvalue weighted by Gasteiger charge is 2.38. The molecule has 0 saturated carbocycles. The number of imide groups is 1. The number of nitrogens with one attached hydrogen (secondary N) is 2. The van der Waals surface area contributed by atoms with Gasteiger partial charge in [-0.2, -0.15) is 0 Å². The molecule has 4 rings (SSSR count). The Hall–Kier alpha value is -3.59. The molecular formula is C23H25N3O6. The van der Waals surface area contributed by atoms with E-state index in [1.165, 1.54) is 0 Å². The first-order valence-electron chi connectivity index (χ1n) is 10.5. The summed E-state index contributed by atoms with van der Waals surface area (Å²) in [4.78, 5) is 38.5. The average Bonchev–Trinajstić information content (AvgIpc) is 3.37. The van der Waals surface area contributed by atoms with Gasteiger partial charge in [0.25, 0.3) is 5.91 Å². The standard InChI is InChI=1S/C23H25N3O6/c27-13-17(10-15-4-2-1-3-5-15)24-21(28)9-7-18-22(29)26(23(30)25-18)12-16-6-8-19-20(11-16)32-14-31-19/h1-6,8,11,17-18,27H,7,9-10,12-14H2,(H,24,28)(H,25,30)/t17-,18+/m0/s1. The zero-order chi connectivity index (χ0) is 22.5. The number of aliphatic hydroxyl groups is 1. The molecule has 0 aromatic heterocycles. The number of nitrogens with zero attached hydrogens (tertiary/aromatic N) is 1. The largest absolute Gasteiger partial charge is 0.454 e. The van der Waals surface area contributed by atoms with Crippen molar-refractivity contribution in [1.82, 2.24) is 15.5 Å². The Labute approximate surface area is 185 Å². The molecule has 1 fully saturated rings. The number of hydrogen-bond donors (Lipinski definition) is 3. The van der Waals surface area contributed by atoms with E-state index < -0.39 is 18.1 Å². The third-order valence-electron chi connectivity index (χ3n) is 5.46. The van der Waals surface area contributed by atoms with Gasteiger partial charge >= 0.3 is 6.03 Å². The molecule has 4 amide bonds. The van der Waals surface area contributed by atoms with Crippen LogP contribution in [0.15, 0.2) is 48.5 Å². The van der Waals surface area contributed by atoms with Crippen LogP contribution in [0.3, 0.4) is 0 Å². The summed E-state index contributed by atoms with van der Waals surface area (Å²) in [6.07, 6.45) is 0.739. The van der Waals surface area contributed by atoms with Crippen molar-refractivity contribution in [3.63, 3.8) is 0 Å². The Kier molecular flexibility index (Phi) is 6.55. The fraction of sp³-hybridized carbons (Fsp3) is 0.348. The van der Waals surface area contributed by atoms with Gasteiger partial charge in [-0.1, -0.05) is 36.4 Å². The van der Waals surface area contributed by atoms with E-state index in [1.54, 1.807) is 18.2 Å². The van der Waals surface area contributed by atoms with Crippen LogP contribution >= 0.6 is 0 Å². The van der Waals surface area contributed by atoms with Crippen molar-refractivity contribution in [3.05, 3.63) is 59.7 Å². The first-order valence-corrected chi connectivity index (χ1v) is 10.5. The van der Waals surface area contributed by atoms with Crippen LogP contribution in [0, 0.1) is 0 Å². The SMILES string of the molecule is O=C(CC[C@H]1NC(=O)N(Cc2ccc3c(c2)OCO3)C1=O)N[C@H](CO)Cc1ccccc1. The summed E-state index contributed by atoms with van der Waals surface area (Å²) in [7, 11) is 0. The molecule has 2 aliphatic rings. The zero-order valence-corrected chi connectivity index (χ0v) is 17.5. The first kappa shape index (κ1) is 21.6. The van der Waals surface area contributed by atoms with Crippen molar-refractivity contribution in [2.24, 2.45) is 0 Å². The summed E-state index contributed by atoms with van der Waals surface area (Å²) in [6, 6.07) is 13.1. The predicted octanol–water partition coefficient (Wildman–Crippen LogP) is 1.34. The van der Waals surface area contributed by atoms with Crippen LogP contribution in [0.4, 0.5) is 4.79 Å². The van der Waals surface area contributed by atoms with Gasteiger partial charge in [0, 0.05) is 6.42 Å². The topological polar surface area (TPSA) is 117 Å². The number of benzene rings is 2. The van der Waals surface area contributed by atoms with E-state index >= 15 is 0 Å². The van der Waals surface area contributed by atoms with E-state index in [9.17, 15) is 19.5 Å². The molecule has 0 unspecified atom stereocenters. The molecule has 9 heteroatoms. The lowest BCUT2D eigenvalue weighted by atomic mass is 10.1. The number of fused-ring (bicyclic) bond motifs is 1. The van der Waals surface area contributed by atoms with Gasteiger partial charge in [0.15, 0.2) is 11.5 Å². The molecule has 2 aromatic rings. The van der Waals surface area contributed by atoms with Crippen molar-refractivity contribution in [2.45, 2.75) is 37.9 Å². The van der Waals surface area contributed by atoms with Crippen molar-refractivity contribution < 1.29 is 29.0 Å². The van der Waals surface area contributed by atoms with Crippen molar-refractivity contribution in [2.75, 3.05) is 13.4 Å². The molecule has 2 heterocycles. The van der Waals surface area contributed by atoms with Crippen LogP contribution in [-0.4, -0.2) is 53.3 Å². The number of carbonyl (C=O) groups excluding carboxylic acids is 3. The van der Waals surface area contributed by atoms with E-state index in [0.29, 0.717) is 17.9 Å². The van der Waals surface area contributed by atoms with Crippen LogP contribution < -0.4 is 20.1 Å². The van der Waals surface area contributed by atoms with Gasteiger partial charge in [-0.25, -0.2) is 4.79 Å². The van der Waals surface area contributed by atoms with Gasteiger partial charge in [0.1, 0.15) is 6.04 Å². The van der Waals surface area contributed by atoms with Gasteiger partial charge in [-0.05, 0) is 36.1 Å². The third-order valence-corrected chi connectivity index (χ3v) is 5.46. The minimum absolute atomic E-state index is 0.0554.